The van der Waals surface area contributed by atoms with E-state index in [-0.39, 0.29) is 36.1 Å². The predicted octanol–water partition coefficient (Wildman–Crippen LogP) is 1.17. The molecule has 6 nitrogen and oxygen atoms in total. The number of piperidine rings is 1. The van der Waals surface area contributed by atoms with Crippen LogP contribution in [-0.4, -0.2) is 56.1 Å². The monoisotopic (exact) mass is 349 g/mol. The van der Waals surface area contributed by atoms with Gasteiger partial charge in [0.1, 0.15) is 0 Å². The van der Waals surface area contributed by atoms with Crippen LogP contribution in [0.2, 0.25) is 0 Å². The molecule has 2 amide bonds. The predicted molar refractivity (Wildman–Crippen MR) is 93.5 cm³/mol. The summed E-state index contributed by atoms with van der Waals surface area (Å²) < 4.78 is 4.95. The zero-order valence-corrected chi connectivity index (χ0v) is 15.4. The van der Waals surface area contributed by atoms with E-state index in [1.165, 1.54) is 0 Å². The van der Waals surface area contributed by atoms with Crippen molar-refractivity contribution in [1.29, 1.82) is 0 Å². The van der Waals surface area contributed by atoms with Gasteiger partial charge >= 0.3 is 0 Å². The fourth-order valence-electron chi connectivity index (χ4n) is 2.64. The molecule has 2 unspecified atom stereocenters. The third-order valence-electron chi connectivity index (χ3n) is 4.54. The summed E-state index contributed by atoms with van der Waals surface area (Å²) in [5.41, 5.74) is 6.01. The number of hydrogen-bond acceptors (Lipinski definition) is 4. The summed E-state index contributed by atoms with van der Waals surface area (Å²) in [7, 11) is 1.65. The summed E-state index contributed by atoms with van der Waals surface area (Å²) in [5, 5.41) is 2.93. The summed E-state index contributed by atoms with van der Waals surface area (Å²) in [6.07, 6.45) is 3.15. The summed E-state index contributed by atoms with van der Waals surface area (Å²) >= 11 is 0. The van der Waals surface area contributed by atoms with Crippen molar-refractivity contribution in [3.05, 3.63) is 0 Å². The highest BCUT2D eigenvalue weighted by molar-refractivity contribution is 5.85. The maximum absolute atomic E-state index is 12.3. The third-order valence-corrected chi connectivity index (χ3v) is 4.54. The van der Waals surface area contributed by atoms with Crippen LogP contribution in [0.3, 0.4) is 0 Å². The second-order valence-corrected chi connectivity index (χ2v) is 6.15. The number of nitrogens with zero attached hydrogens (tertiary/aromatic N) is 1. The van der Waals surface area contributed by atoms with Gasteiger partial charge in [-0.1, -0.05) is 20.3 Å². The number of amides is 2. The maximum Gasteiger partial charge on any atom is 0.239 e. The van der Waals surface area contributed by atoms with Gasteiger partial charge in [0, 0.05) is 39.3 Å². The molecular weight excluding hydrogens is 318 g/mol. The molecule has 1 saturated heterocycles. The van der Waals surface area contributed by atoms with Gasteiger partial charge in [0.2, 0.25) is 11.8 Å². The minimum atomic E-state index is -0.426. The largest absolute Gasteiger partial charge is 0.385 e. The van der Waals surface area contributed by atoms with Crippen molar-refractivity contribution in [2.75, 3.05) is 33.4 Å². The van der Waals surface area contributed by atoms with Crippen molar-refractivity contribution in [3.63, 3.8) is 0 Å². The molecule has 1 rings (SSSR count). The lowest BCUT2D eigenvalue weighted by Crippen LogP contribution is -2.50. The van der Waals surface area contributed by atoms with Crippen LogP contribution >= 0.6 is 12.4 Å². The van der Waals surface area contributed by atoms with Crippen LogP contribution in [0, 0.1) is 11.8 Å². The first-order chi connectivity index (χ1) is 10.5. The lowest BCUT2D eigenvalue weighted by molar-refractivity contribution is -0.137. The average molecular weight is 350 g/mol. The minimum absolute atomic E-state index is 0. The number of rotatable bonds is 8. The maximum atomic E-state index is 12.3. The molecule has 23 heavy (non-hydrogen) atoms. The van der Waals surface area contributed by atoms with Crippen molar-refractivity contribution in [3.8, 4) is 0 Å². The molecule has 0 saturated carbocycles. The van der Waals surface area contributed by atoms with Crippen molar-refractivity contribution < 1.29 is 14.3 Å². The van der Waals surface area contributed by atoms with Crippen molar-refractivity contribution in [2.24, 2.45) is 17.6 Å². The van der Waals surface area contributed by atoms with E-state index in [0.29, 0.717) is 26.2 Å². The smallest absolute Gasteiger partial charge is 0.239 e. The van der Waals surface area contributed by atoms with Gasteiger partial charge in [0.05, 0.1) is 6.04 Å². The fraction of sp³-hybridized carbons (Fsp3) is 0.875. The van der Waals surface area contributed by atoms with Crippen LogP contribution in [-0.2, 0) is 14.3 Å². The first-order valence-electron chi connectivity index (χ1n) is 8.32. The van der Waals surface area contributed by atoms with Gasteiger partial charge in [-0.25, -0.2) is 0 Å². The van der Waals surface area contributed by atoms with Crippen LogP contribution in [0.5, 0.6) is 0 Å². The van der Waals surface area contributed by atoms with Crippen LogP contribution in [0.1, 0.15) is 39.5 Å². The number of ether oxygens (including phenoxy) is 1. The highest BCUT2D eigenvalue weighted by Gasteiger charge is 2.30. The van der Waals surface area contributed by atoms with Crippen molar-refractivity contribution in [2.45, 2.75) is 45.6 Å². The number of carbonyl (C=O) groups excluding carboxylic acids is 2. The van der Waals surface area contributed by atoms with Crippen molar-refractivity contribution >= 4 is 24.2 Å². The van der Waals surface area contributed by atoms with E-state index < -0.39 is 6.04 Å². The summed E-state index contributed by atoms with van der Waals surface area (Å²) in [4.78, 5) is 26.2. The van der Waals surface area contributed by atoms with E-state index in [2.05, 4.69) is 5.32 Å². The van der Waals surface area contributed by atoms with Crippen LogP contribution in [0.25, 0.3) is 0 Å². The summed E-state index contributed by atoms with van der Waals surface area (Å²) in [6, 6.07) is -0.426. The molecule has 1 aliphatic rings. The van der Waals surface area contributed by atoms with Gasteiger partial charge in [0.25, 0.3) is 0 Å². The lowest BCUT2D eigenvalue weighted by atomic mass is 9.93. The van der Waals surface area contributed by atoms with E-state index in [9.17, 15) is 9.59 Å². The molecule has 0 radical (unpaired) electrons. The number of halogens is 1. The number of nitrogens with two attached hydrogens (primary N) is 1. The third kappa shape index (κ3) is 7.06. The lowest BCUT2D eigenvalue weighted by Gasteiger charge is -2.34. The SMILES string of the molecule is CCC(C)C(N)C(=O)N1CCC(C(=O)NCCCOC)CC1.Cl. The van der Waals surface area contributed by atoms with E-state index in [1.54, 1.807) is 7.11 Å². The fourth-order valence-corrected chi connectivity index (χ4v) is 2.64. The second-order valence-electron chi connectivity index (χ2n) is 6.15. The molecule has 0 bridgehead atoms. The average Bonchev–Trinajstić information content (AvgIpc) is 2.56. The van der Waals surface area contributed by atoms with Crippen molar-refractivity contribution in [1.82, 2.24) is 10.2 Å². The number of nitrogens with one attached hydrogen (secondary N) is 1. The van der Waals surface area contributed by atoms with Gasteiger partial charge < -0.3 is 20.7 Å². The zero-order chi connectivity index (χ0) is 16.5. The first-order valence-corrected chi connectivity index (χ1v) is 8.32. The standard InChI is InChI=1S/C16H31N3O3.ClH/c1-4-12(2)14(17)16(21)19-9-6-13(7-10-19)15(20)18-8-5-11-22-3;/h12-14H,4-11,17H2,1-3H3,(H,18,20);1H. The topological polar surface area (TPSA) is 84.7 Å². The Morgan fingerprint density at radius 1 is 1.35 bits per heavy atom. The zero-order valence-electron chi connectivity index (χ0n) is 14.5. The summed E-state index contributed by atoms with van der Waals surface area (Å²) in [6.45, 7) is 6.59. The molecule has 136 valence electrons. The second kappa shape index (κ2) is 11.6. The normalized spacial score (nSPS) is 18.0. The van der Waals surface area contributed by atoms with Gasteiger partial charge in [-0.15, -0.1) is 12.4 Å². The van der Waals surface area contributed by atoms with Crippen LogP contribution in [0.15, 0.2) is 0 Å². The number of likely N-dealkylation sites (tertiary alicyclic amines) is 1. The van der Waals surface area contributed by atoms with Gasteiger partial charge in [-0.05, 0) is 25.2 Å². The molecule has 0 spiro atoms. The van der Waals surface area contributed by atoms with Crippen LogP contribution in [0.4, 0.5) is 0 Å². The molecule has 3 N–H and O–H groups in total. The Morgan fingerprint density at radius 2 is 1.96 bits per heavy atom. The van der Waals surface area contributed by atoms with Crippen LogP contribution < -0.4 is 11.1 Å². The molecule has 0 aromatic carbocycles. The Hall–Kier alpha value is -0.850. The number of carbonyl (C=O) groups is 2. The molecule has 0 aromatic rings. The van der Waals surface area contributed by atoms with E-state index in [0.717, 1.165) is 25.7 Å². The Kier molecular flexibility index (Phi) is 11.2. The van der Waals surface area contributed by atoms with Gasteiger partial charge in [-0.2, -0.15) is 0 Å². The Balaban J connectivity index is 0.00000484. The molecule has 2 atom stereocenters. The Bertz CT molecular complexity index is 360. The Labute approximate surface area is 145 Å². The summed E-state index contributed by atoms with van der Waals surface area (Å²) in [5.74, 6) is 0.309. The number of hydrogen-bond donors (Lipinski definition) is 2. The van der Waals surface area contributed by atoms with E-state index in [4.69, 9.17) is 10.5 Å². The molecule has 0 aliphatic carbocycles. The molecule has 0 aromatic heterocycles. The van der Waals surface area contributed by atoms with E-state index in [1.807, 2.05) is 18.7 Å². The van der Waals surface area contributed by atoms with Gasteiger partial charge in [-0.3, -0.25) is 9.59 Å². The van der Waals surface area contributed by atoms with Gasteiger partial charge in [0.15, 0.2) is 0 Å². The molecule has 1 heterocycles. The van der Waals surface area contributed by atoms with E-state index >= 15 is 0 Å². The number of methoxy groups -OCH3 is 1. The molecule has 1 aliphatic heterocycles. The molecule has 1 fully saturated rings. The molecule has 7 heteroatoms. The Morgan fingerprint density at radius 3 is 2.48 bits per heavy atom. The minimum Gasteiger partial charge on any atom is -0.385 e. The first kappa shape index (κ1) is 22.1. The molecular formula is C16H32ClN3O3. The quantitative estimate of drug-likeness (QED) is 0.644. The highest BCUT2D eigenvalue weighted by atomic mass is 35.5. The highest BCUT2D eigenvalue weighted by Crippen LogP contribution is 2.19.